The van der Waals surface area contributed by atoms with Crippen molar-refractivity contribution in [2.75, 3.05) is 13.7 Å². The Morgan fingerprint density at radius 3 is 2.45 bits per heavy atom. The number of carbonyl (C=O) groups is 1. The first-order chi connectivity index (χ1) is 10.6. The second kappa shape index (κ2) is 7.45. The number of esters is 1. The van der Waals surface area contributed by atoms with Gasteiger partial charge in [0, 0.05) is 0 Å². The van der Waals surface area contributed by atoms with E-state index in [0.717, 1.165) is 5.56 Å². The molecule has 0 N–H and O–H groups in total. The van der Waals surface area contributed by atoms with Crippen molar-refractivity contribution in [3.63, 3.8) is 0 Å². The molecule has 0 bridgehead atoms. The van der Waals surface area contributed by atoms with Crippen LogP contribution in [0, 0.1) is 5.82 Å². The molecule has 4 nitrogen and oxygen atoms in total. The quantitative estimate of drug-likeness (QED) is 0.763. The first-order valence-corrected chi connectivity index (χ1v) is 6.88. The maximum atomic E-state index is 12.9. The molecule has 0 spiro atoms. The molecule has 0 saturated carbocycles. The van der Waals surface area contributed by atoms with Crippen LogP contribution in [0.5, 0.6) is 17.2 Å². The van der Waals surface area contributed by atoms with Crippen LogP contribution in [0.2, 0.25) is 0 Å². The molecule has 0 atom stereocenters. The summed E-state index contributed by atoms with van der Waals surface area (Å²) in [5, 5.41) is 0. The molecule has 0 aromatic heterocycles. The standard InChI is InChI=1S/C17H17FO4/c1-3-21-17(19)11-12-4-9-15(20-2)16(10-12)22-14-7-5-13(18)6-8-14/h4-10H,3,11H2,1-2H3. The van der Waals surface area contributed by atoms with Gasteiger partial charge < -0.3 is 14.2 Å². The second-order valence-corrected chi connectivity index (χ2v) is 4.52. The molecule has 0 aliphatic heterocycles. The number of ether oxygens (including phenoxy) is 3. The molecule has 0 radical (unpaired) electrons. The van der Waals surface area contributed by atoms with E-state index in [0.29, 0.717) is 23.9 Å². The molecular formula is C17H17FO4. The van der Waals surface area contributed by atoms with Gasteiger partial charge in [0.15, 0.2) is 11.5 Å². The first kappa shape index (κ1) is 15.8. The molecule has 2 rings (SSSR count). The summed E-state index contributed by atoms with van der Waals surface area (Å²) >= 11 is 0. The van der Waals surface area contributed by atoms with Crippen molar-refractivity contribution in [2.24, 2.45) is 0 Å². The zero-order valence-electron chi connectivity index (χ0n) is 12.5. The summed E-state index contributed by atoms with van der Waals surface area (Å²) in [4.78, 5) is 11.5. The summed E-state index contributed by atoms with van der Waals surface area (Å²) in [6.45, 7) is 2.10. The molecule has 0 amide bonds. The fourth-order valence-corrected chi connectivity index (χ4v) is 1.92. The average Bonchev–Trinajstić information content (AvgIpc) is 2.50. The molecule has 22 heavy (non-hydrogen) atoms. The van der Waals surface area contributed by atoms with Gasteiger partial charge in [-0.2, -0.15) is 0 Å². The van der Waals surface area contributed by atoms with E-state index in [1.54, 1.807) is 25.1 Å². The van der Waals surface area contributed by atoms with Crippen molar-refractivity contribution < 1.29 is 23.4 Å². The summed E-state index contributed by atoms with van der Waals surface area (Å²) in [5.41, 5.74) is 0.747. The van der Waals surface area contributed by atoms with E-state index in [4.69, 9.17) is 14.2 Å². The van der Waals surface area contributed by atoms with E-state index < -0.39 is 0 Å². The molecule has 0 saturated heterocycles. The van der Waals surface area contributed by atoms with Crippen LogP contribution in [0.1, 0.15) is 12.5 Å². The zero-order chi connectivity index (χ0) is 15.9. The molecule has 2 aromatic rings. The Balaban J connectivity index is 2.20. The van der Waals surface area contributed by atoms with Crippen LogP contribution < -0.4 is 9.47 Å². The van der Waals surface area contributed by atoms with Gasteiger partial charge in [0.25, 0.3) is 0 Å². The fraction of sp³-hybridized carbons (Fsp3) is 0.235. The van der Waals surface area contributed by atoms with Crippen molar-refractivity contribution in [3.05, 3.63) is 53.8 Å². The maximum absolute atomic E-state index is 12.9. The van der Waals surface area contributed by atoms with Crippen LogP contribution in [-0.4, -0.2) is 19.7 Å². The van der Waals surface area contributed by atoms with Crippen molar-refractivity contribution in [2.45, 2.75) is 13.3 Å². The van der Waals surface area contributed by atoms with E-state index in [2.05, 4.69) is 0 Å². The summed E-state index contributed by atoms with van der Waals surface area (Å²) in [7, 11) is 1.53. The van der Waals surface area contributed by atoms with Crippen molar-refractivity contribution in [3.8, 4) is 17.2 Å². The van der Waals surface area contributed by atoms with Crippen molar-refractivity contribution in [1.29, 1.82) is 0 Å². The molecule has 116 valence electrons. The minimum absolute atomic E-state index is 0.150. The SMILES string of the molecule is CCOC(=O)Cc1ccc(OC)c(Oc2ccc(F)cc2)c1. The second-order valence-electron chi connectivity index (χ2n) is 4.52. The predicted molar refractivity (Wildman–Crippen MR) is 79.8 cm³/mol. The molecule has 0 unspecified atom stereocenters. The number of halogens is 1. The third kappa shape index (κ3) is 4.22. The van der Waals surface area contributed by atoms with Gasteiger partial charge in [-0.25, -0.2) is 4.39 Å². The van der Waals surface area contributed by atoms with Gasteiger partial charge in [-0.15, -0.1) is 0 Å². The molecule has 2 aromatic carbocycles. The van der Waals surface area contributed by atoms with Crippen LogP contribution in [0.4, 0.5) is 4.39 Å². The minimum atomic E-state index is -0.338. The van der Waals surface area contributed by atoms with Gasteiger partial charge >= 0.3 is 5.97 Å². The van der Waals surface area contributed by atoms with E-state index in [-0.39, 0.29) is 18.2 Å². The van der Waals surface area contributed by atoms with Gasteiger partial charge in [0.2, 0.25) is 0 Å². The van der Waals surface area contributed by atoms with Crippen molar-refractivity contribution >= 4 is 5.97 Å². The van der Waals surface area contributed by atoms with E-state index in [1.807, 2.05) is 0 Å². The number of methoxy groups -OCH3 is 1. The Kier molecular flexibility index (Phi) is 5.36. The highest BCUT2D eigenvalue weighted by molar-refractivity contribution is 5.73. The Bertz CT molecular complexity index is 638. The minimum Gasteiger partial charge on any atom is -0.493 e. The van der Waals surface area contributed by atoms with Gasteiger partial charge in [0.05, 0.1) is 20.1 Å². The third-order valence-electron chi connectivity index (χ3n) is 2.92. The van der Waals surface area contributed by atoms with E-state index >= 15 is 0 Å². The van der Waals surface area contributed by atoms with Gasteiger partial charge in [-0.05, 0) is 48.9 Å². The fourth-order valence-electron chi connectivity index (χ4n) is 1.92. The smallest absolute Gasteiger partial charge is 0.310 e. The highest BCUT2D eigenvalue weighted by Gasteiger charge is 2.10. The van der Waals surface area contributed by atoms with Crippen LogP contribution in [-0.2, 0) is 16.0 Å². The lowest BCUT2D eigenvalue weighted by Crippen LogP contribution is -2.07. The Labute approximate surface area is 128 Å². The highest BCUT2D eigenvalue weighted by atomic mass is 19.1. The monoisotopic (exact) mass is 304 g/mol. The molecule has 5 heteroatoms. The summed E-state index contributed by atoms with van der Waals surface area (Å²) in [5.74, 6) is 0.816. The lowest BCUT2D eigenvalue weighted by Gasteiger charge is -2.12. The molecular weight excluding hydrogens is 287 g/mol. The van der Waals surface area contributed by atoms with Crippen molar-refractivity contribution in [1.82, 2.24) is 0 Å². The maximum Gasteiger partial charge on any atom is 0.310 e. The van der Waals surface area contributed by atoms with Crippen LogP contribution in [0.15, 0.2) is 42.5 Å². The predicted octanol–water partition coefficient (Wildman–Crippen LogP) is 3.73. The van der Waals surface area contributed by atoms with Gasteiger partial charge in [-0.1, -0.05) is 6.07 Å². The zero-order valence-corrected chi connectivity index (χ0v) is 12.5. The lowest BCUT2D eigenvalue weighted by atomic mass is 10.1. The largest absolute Gasteiger partial charge is 0.493 e. The number of hydrogen-bond donors (Lipinski definition) is 0. The van der Waals surface area contributed by atoms with Gasteiger partial charge in [0.1, 0.15) is 11.6 Å². The van der Waals surface area contributed by atoms with Crippen LogP contribution >= 0.6 is 0 Å². The summed E-state index contributed by atoms with van der Waals surface area (Å²) < 4.78 is 28.8. The molecule has 0 heterocycles. The van der Waals surface area contributed by atoms with E-state index in [1.165, 1.54) is 31.4 Å². The Morgan fingerprint density at radius 1 is 1.09 bits per heavy atom. The summed E-state index contributed by atoms with van der Waals surface area (Å²) in [6.07, 6.45) is 0.150. The first-order valence-electron chi connectivity index (χ1n) is 6.88. The normalized spacial score (nSPS) is 10.1. The topological polar surface area (TPSA) is 44.8 Å². The third-order valence-corrected chi connectivity index (χ3v) is 2.92. The molecule has 0 aliphatic rings. The lowest BCUT2D eigenvalue weighted by molar-refractivity contribution is -0.142. The average molecular weight is 304 g/mol. The number of benzene rings is 2. The van der Waals surface area contributed by atoms with Crippen LogP contribution in [0.25, 0.3) is 0 Å². The van der Waals surface area contributed by atoms with Gasteiger partial charge in [-0.3, -0.25) is 4.79 Å². The highest BCUT2D eigenvalue weighted by Crippen LogP contribution is 2.32. The Morgan fingerprint density at radius 2 is 1.82 bits per heavy atom. The number of rotatable bonds is 6. The molecule has 0 aliphatic carbocycles. The summed E-state index contributed by atoms with van der Waals surface area (Å²) in [6, 6.07) is 10.9. The molecule has 0 fully saturated rings. The Hall–Kier alpha value is -2.56. The van der Waals surface area contributed by atoms with E-state index in [9.17, 15) is 9.18 Å². The number of hydrogen-bond acceptors (Lipinski definition) is 4. The van der Waals surface area contributed by atoms with Crippen LogP contribution in [0.3, 0.4) is 0 Å². The number of carbonyl (C=O) groups excluding carboxylic acids is 1.